The molecule has 1 aromatic heterocycles. The fourth-order valence-electron chi connectivity index (χ4n) is 2.21. The average Bonchev–Trinajstić information content (AvgIpc) is 2.72. The molecule has 17 heavy (non-hydrogen) atoms. The van der Waals surface area contributed by atoms with Gasteiger partial charge in [0.1, 0.15) is 0 Å². The lowest BCUT2D eigenvalue weighted by Gasteiger charge is -2.23. The SMILES string of the molecule is CCc1sc(C(=O)NC2CCNCC2)cc1C. The Morgan fingerprint density at radius 1 is 1.53 bits per heavy atom. The quantitative estimate of drug-likeness (QED) is 0.865. The molecule has 2 N–H and O–H groups in total. The maximum atomic E-state index is 12.1. The van der Waals surface area contributed by atoms with E-state index in [-0.39, 0.29) is 5.91 Å². The first-order valence-corrected chi connectivity index (χ1v) is 7.13. The summed E-state index contributed by atoms with van der Waals surface area (Å²) in [4.78, 5) is 14.3. The van der Waals surface area contributed by atoms with E-state index in [1.54, 1.807) is 11.3 Å². The predicted octanol–water partition coefficient (Wildman–Crippen LogP) is 2.10. The second-order valence-corrected chi connectivity index (χ2v) is 5.70. The van der Waals surface area contributed by atoms with E-state index < -0.39 is 0 Å². The molecule has 0 bridgehead atoms. The molecule has 0 aliphatic carbocycles. The molecule has 0 saturated carbocycles. The average molecular weight is 252 g/mol. The molecule has 1 saturated heterocycles. The molecule has 0 unspecified atom stereocenters. The highest BCUT2D eigenvalue weighted by molar-refractivity contribution is 7.14. The number of hydrogen-bond acceptors (Lipinski definition) is 3. The van der Waals surface area contributed by atoms with Crippen LogP contribution in [0.1, 0.15) is 39.9 Å². The smallest absolute Gasteiger partial charge is 0.261 e. The molecule has 1 amide bonds. The number of nitrogens with one attached hydrogen (secondary N) is 2. The van der Waals surface area contributed by atoms with Crippen LogP contribution in [0.3, 0.4) is 0 Å². The summed E-state index contributed by atoms with van der Waals surface area (Å²) in [6.45, 7) is 6.23. The first-order valence-electron chi connectivity index (χ1n) is 6.31. The van der Waals surface area contributed by atoms with Crippen LogP contribution in [0.15, 0.2) is 6.07 Å². The van der Waals surface area contributed by atoms with Crippen LogP contribution < -0.4 is 10.6 Å². The Morgan fingerprint density at radius 3 is 2.82 bits per heavy atom. The standard InChI is InChI=1S/C13H20N2OS/c1-3-11-9(2)8-12(17-11)13(16)15-10-4-6-14-7-5-10/h8,10,14H,3-7H2,1-2H3,(H,15,16). The Morgan fingerprint density at radius 2 is 2.24 bits per heavy atom. The molecular formula is C13H20N2OS. The minimum Gasteiger partial charge on any atom is -0.349 e. The Labute approximate surface area is 107 Å². The van der Waals surface area contributed by atoms with Crippen molar-refractivity contribution in [1.82, 2.24) is 10.6 Å². The molecule has 1 aromatic rings. The molecule has 1 aliphatic rings. The molecule has 0 atom stereocenters. The highest BCUT2D eigenvalue weighted by Crippen LogP contribution is 2.22. The highest BCUT2D eigenvalue weighted by atomic mass is 32.1. The van der Waals surface area contributed by atoms with Crippen LogP contribution in [0.25, 0.3) is 0 Å². The molecule has 3 nitrogen and oxygen atoms in total. The number of piperidine rings is 1. The summed E-state index contributed by atoms with van der Waals surface area (Å²) in [5.41, 5.74) is 1.24. The van der Waals surface area contributed by atoms with Crippen molar-refractivity contribution in [2.24, 2.45) is 0 Å². The van der Waals surface area contributed by atoms with Crippen molar-refractivity contribution in [2.45, 2.75) is 39.2 Å². The maximum absolute atomic E-state index is 12.1. The second-order valence-electron chi connectivity index (χ2n) is 4.57. The second kappa shape index (κ2) is 5.65. The van der Waals surface area contributed by atoms with Crippen molar-refractivity contribution in [1.29, 1.82) is 0 Å². The Hall–Kier alpha value is -0.870. The number of carbonyl (C=O) groups excluding carboxylic acids is 1. The van der Waals surface area contributed by atoms with Crippen LogP contribution in [0.5, 0.6) is 0 Å². The Bertz CT molecular complexity index is 394. The van der Waals surface area contributed by atoms with Crippen molar-refractivity contribution in [3.63, 3.8) is 0 Å². The Balaban J connectivity index is 1.98. The van der Waals surface area contributed by atoms with Crippen molar-refractivity contribution >= 4 is 17.2 Å². The van der Waals surface area contributed by atoms with E-state index >= 15 is 0 Å². The molecule has 1 fully saturated rings. The topological polar surface area (TPSA) is 41.1 Å². The van der Waals surface area contributed by atoms with E-state index in [2.05, 4.69) is 24.5 Å². The normalized spacial score (nSPS) is 17.1. The third-order valence-electron chi connectivity index (χ3n) is 3.24. The van der Waals surface area contributed by atoms with E-state index in [9.17, 15) is 4.79 Å². The van der Waals surface area contributed by atoms with Crippen LogP contribution in [-0.2, 0) is 6.42 Å². The summed E-state index contributed by atoms with van der Waals surface area (Å²) in [6, 6.07) is 2.36. The van der Waals surface area contributed by atoms with Gasteiger partial charge in [0.2, 0.25) is 0 Å². The zero-order valence-electron chi connectivity index (χ0n) is 10.5. The van der Waals surface area contributed by atoms with Crippen molar-refractivity contribution in [2.75, 3.05) is 13.1 Å². The molecule has 94 valence electrons. The summed E-state index contributed by atoms with van der Waals surface area (Å²) in [6.07, 6.45) is 3.09. The lowest BCUT2D eigenvalue weighted by Crippen LogP contribution is -2.42. The molecular weight excluding hydrogens is 232 g/mol. The van der Waals surface area contributed by atoms with Gasteiger partial charge < -0.3 is 10.6 Å². The van der Waals surface area contributed by atoms with Crippen LogP contribution in [0, 0.1) is 6.92 Å². The number of aryl methyl sites for hydroxylation is 2. The number of carbonyl (C=O) groups is 1. The van der Waals surface area contributed by atoms with Crippen molar-refractivity contribution in [3.8, 4) is 0 Å². The van der Waals surface area contributed by atoms with Crippen LogP contribution in [0.2, 0.25) is 0 Å². The zero-order chi connectivity index (χ0) is 12.3. The third-order valence-corrected chi connectivity index (χ3v) is 4.62. The van der Waals surface area contributed by atoms with Gasteiger partial charge in [-0.1, -0.05) is 6.92 Å². The van der Waals surface area contributed by atoms with Gasteiger partial charge in [0.25, 0.3) is 5.91 Å². The number of amides is 1. The van der Waals surface area contributed by atoms with E-state index in [1.807, 2.05) is 6.07 Å². The first kappa shape index (κ1) is 12.6. The van der Waals surface area contributed by atoms with Gasteiger partial charge in [-0.05, 0) is 50.9 Å². The summed E-state index contributed by atoms with van der Waals surface area (Å²) in [5, 5.41) is 6.43. The highest BCUT2D eigenvalue weighted by Gasteiger charge is 2.18. The van der Waals surface area contributed by atoms with E-state index in [0.29, 0.717) is 6.04 Å². The van der Waals surface area contributed by atoms with Crippen molar-refractivity contribution in [3.05, 3.63) is 21.4 Å². The van der Waals surface area contributed by atoms with Gasteiger partial charge in [-0.2, -0.15) is 0 Å². The van der Waals surface area contributed by atoms with Crippen LogP contribution >= 0.6 is 11.3 Å². The number of rotatable bonds is 3. The van der Waals surface area contributed by atoms with Gasteiger partial charge in [-0.25, -0.2) is 0 Å². The largest absolute Gasteiger partial charge is 0.349 e. The predicted molar refractivity (Wildman–Crippen MR) is 71.8 cm³/mol. The monoisotopic (exact) mass is 252 g/mol. The van der Waals surface area contributed by atoms with Crippen LogP contribution in [0.4, 0.5) is 0 Å². The fraction of sp³-hybridized carbons (Fsp3) is 0.615. The molecule has 0 aromatic carbocycles. The lowest BCUT2D eigenvalue weighted by atomic mass is 10.1. The summed E-state index contributed by atoms with van der Waals surface area (Å²) >= 11 is 1.63. The van der Waals surface area contributed by atoms with Gasteiger partial charge >= 0.3 is 0 Å². The molecule has 4 heteroatoms. The summed E-state index contributed by atoms with van der Waals surface area (Å²) in [7, 11) is 0. The molecule has 2 rings (SSSR count). The van der Waals surface area contributed by atoms with Crippen molar-refractivity contribution < 1.29 is 4.79 Å². The van der Waals surface area contributed by atoms with Gasteiger partial charge in [0, 0.05) is 10.9 Å². The van der Waals surface area contributed by atoms with E-state index in [4.69, 9.17) is 0 Å². The summed E-state index contributed by atoms with van der Waals surface area (Å²) < 4.78 is 0. The molecule has 2 heterocycles. The lowest BCUT2D eigenvalue weighted by molar-refractivity contribution is 0.0933. The summed E-state index contributed by atoms with van der Waals surface area (Å²) in [5.74, 6) is 0.102. The van der Waals surface area contributed by atoms with Gasteiger partial charge in [-0.3, -0.25) is 4.79 Å². The number of hydrogen-bond donors (Lipinski definition) is 2. The third kappa shape index (κ3) is 3.07. The van der Waals surface area contributed by atoms with Crippen LogP contribution in [-0.4, -0.2) is 25.0 Å². The molecule has 0 spiro atoms. The molecule has 0 radical (unpaired) electrons. The minimum absolute atomic E-state index is 0.102. The van der Waals surface area contributed by atoms with Gasteiger partial charge in [0.15, 0.2) is 0 Å². The number of thiophene rings is 1. The van der Waals surface area contributed by atoms with Gasteiger partial charge in [-0.15, -0.1) is 11.3 Å². The Kier molecular flexibility index (Phi) is 4.18. The fourth-order valence-corrected chi connectivity index (χ4v) is 3.22. The zero-order valence-corrected chi connectivity index (χ0v) is 11.3. The van der Waals surface area contributed by atoms with Gasteiger partial charge in [0.05, 0.1) is 4.88 Å². The van der Waals surface area contributed by atoms with E-state index in [1.165, 1.54) is 10.4 Å². The maximum Gasteiger partial charge on any atom is 0.261 e. The first-order chi connectivity index (χ1) is 8.20. The van der Waals surface area contributed by atoms with E-state index in [0.717, 1.165) is 37.2 Å². The molecule has 1 aliphatic heterocycles. The minimum atomic E-state index is 0.102.